The summed E-state index contributed by atoms with van der Waals surface area (Å²) in [4.78, 5) is 0. The molecule has 1 unspecified atom stereocenters. The quantitative estimate of drug-likeness (QED) is 0.655. The van der Waals surface area contributed by atoms with E-state index in [1.165, 1.54) is 0 Å². The second-order valence-corrected chi connectivity index (χ2v) is 3.14. The number of benzene rings is 1. The summed E-state index contributed by atoms with van der Waals surface area (Å²) in [5.41, 5.74) is 1.07. The first kappa shape index (κ1) is 9.40. The Hall–Kier alpha value is -0.690. The lowest BCUT2D eigenvalue weighted by atomic mass is 10.1. The van der Waals surface area contributed by atoms with Crippen LogP contribution in [-0.2, 0) is 0 Å². The first-order chi connectivity index (χ1) is 5.79. The summed E-state index contributed by atoms with van der Waals surface area (Å²) >= 11 is 6.09. The Morgan fingerprint density at radius 2 is 2.08 bits per heavy atom. The molecule has 0 radical (unpaired) electrons. The van der Waals surface area contributed by atoms with Gasteiger partial charge in [-0.3, -0.25) is 0 Å². The molecule has 1 aromatic rings. The molecule has 0 bridgehead atoms. The molecular weight excluding hydrogens is 172 g/mol. The van der Waals surface area contributed by atoms with Gasteiger partial charge in [0.25, 0.3) is 0 Å². The highest BCUT2D eigenvalue weighted by atomic mass is 35.5. The molecule has 0 saturated heterocycles. The van der Waals surface area contributed by atoms with Gasteiger partial charge in [-0.1, -0.05) is 25.1 Å². The third kappa shape index (κ3) is 1.92. The van der Waals surface area contributed by atoms with Gasteiger partial charge in [0.1, 0.15) is 5.75 Å². The summed E-state index contributed by atoms with van der Waals surface area (Å²) in [6.07, 6.45) is 0.919. The topological polar surface area (TPSA) is 9.23 Å². The molecule has 0 aliphatic rings. The zero-order valence-electron chi connectivity index (χ0n) is 7.38. The average Bonchev–Trinajstić information content (AvgIpc) is 2.16. The van der Waals surface area contributed by atoms with Gasteiger partial charge in [-0.15, -0.1) is 11.6 Å². The van der Waals surface area contributed by atoms with Crippen molar-refractivity contribution in [3.8, 4) is 5.75 Å². The molecule has 0 aromatic heterocycles. The van der Waals surface area contributed by atoms with Crippen LogP contribution < -0.4 is 4.74 Å². The van der Waals surface area contributed by atoms with Crippen LogP contribution in [0.2, 0.25) is 0 Å². The third-order valence-corrected chi connectivity index (χ3v) is 2.38. The summed E-state index contributed by atoms with van der Waals surface area (Å²) in [6.45, 7) is 2.06. The lowest BCUT2D eigenvalue weighted by Crippen LogP contribution is -1.93. The van der Waals surface area contributed by atoms with E-state index in [0.29, 0.717) is 0 Å². The molecule has 1 atom stereocenters. The Labute approximate surface area is 78.3 Å². The molecule has 12 heavy (non-hydrogen) atoms. The van der Waals surface area contributed by atoms with Crippen LogP contribution in [0, 0.1) is 0 Å². The number of hydrogen-bond acceptors (Lipinski definition) is 1. The molecule has 66 valence electrons. The number of rotatable bonds is 3. The zero-order chi connectivity index (χ0) is 8.97. The number of hydrogen-bond donors (Lipinski definition) is 0. The fourth-order valence-corrected chi connectivity index (χ4v) is 1.33. The Bertz CT molecular complexity index is 247. The molecule has 0 N–H and O–H groups in total. The molecular formula is C10H13ClO. The maximum Gasteiger partial charge on any atom is 0.123 e. The van der Waals surface area contributed by atoms with Gasteiger partial charge >= 0.3 is 0 Å². The van der Waals surface area contributed by atoms with E-state index < -0.39 is 0 Å². The SMILES string of the molecule is CCC(Cl)c1ccccc1OC. The Kier molecular flexibility index (Phi) is 3.42. The highest BCUT2D eigenvalue weighted by Crippen LogP contribution is 2.31. The minimum absolute atomic E-state index is 0.0566. The molecule has 0 saturated carbocycles. The lowest BCUT2D eigenvalue weighted by molar-refractivity contribution is 0.409. The molecule has 0 aliphatic carbocycles. The van der Waals surface area contributed by atoms with Gasteiger partial charge in [0.15, 0.2) is 0 Å². The van der Waals surface area contributed by atoms with E-state index in [2.05, 4.69) is 6.92 Å². The van der Waals surface area contributed by atoms with Gasteiger partial charge in [0.05, 0.1) is 12.5 Å². The monoisotopic (exact) mass is 184 g/mol. The molecule has 2 heteroatoms. The van der Waals surface area contributed by atoms with Gasteiger partial charge in [0, 0.05) is 5.56 Å². The van der Waals surface area contributed by atoms with E-state index in [4.69, 9.17) is 16.3 Å². The van der Waals surface area contributed by atoms with Crippen LogP contribution in [0.4, 0.5) is 0 Å². The second-order valence-electron chi connectivity index (χ2n) is 2.62. The van der Waals surface area contributed by atoms with E-state index in [1.807, 2.05) is 24.3 Å². The fraction of sp³-hybridized carbons (Fsp3) is 0.400. The number of para-hydroxylation sites is 1. The van der Waals surface area contributed by atoms with Crippen molar-refractivity contribution in [1.82, 2.24) is 0 Å². The largest absolute Gasteiger partial charge is 0.496 e. The van der Waals surface area contributed by atoms with Crippen molar-refractivity contribution in [2.45, 2.75) is 18.7 Å². The van der Waals surface area contributed by atoms with Crippen molar-refractivity contribution in [3.63, 3.8) is 0 Å². The average molecular weight is 185 g/mol. The lowest BCUT2D eigenvalue weighted by Gasteiger charge is -2.11. The van der Waals surface area contributed by atoms with Gasteiger partial charge in [0.2, 0.25) is 0 Å². The fourth-order valence-electron chi connectivity index (χ4n) is 1.15. The van der Waals surface area contributed by atoms with Crippen LogP contribution in [0.5, 0.6) is 5.75 Å². The summed E-state index contributed by atoms with van der Waals surface area (Å²) in [6, 6.07) is 7.85. The zero-order valence-corrected chi connectivity index (χ0v) is 8.14. The molecule has 1 nitrogen and oxygen atoms in total. The minimum Gasteiger partial charge on any atom is -0.496 e. The highest BCUT2D eigenvalue weighted by Gasteiger charge is 2.09. The van der Waals surface area contributed by atoms with E-state index in [0.717, 1.165) is 17.7 Å². The maximum atomic E-state index is 6.09. The van der Waals surface area contributed by atoms with Gasteiger partial charge in [-0.2, -0.15) is 0 Å². The van der Waals surface area contributed by atoms with Crippen LogP contribution in [-0.4, -0.2) is 7.11 Å². The van der Waals surface area contributed by atoms with E-state index in [-0.39, 0.29) is 5.38 Å². The van der Waals surface area contributed by atoms with Crippen molar-refractivity contribution < 1.29 is 4.74 Å². The number of ether oxygens (including phenoxy) is 1. The van der Waals surface area contributed by atoms with Gasteiger partial charge < -0.3 is 4.74 Å². The predicted octanol–water partition coefficient (Wildman–Crippen LogP) is 3.39. The Morgan fingerprint density at radius 1 is 1.42 bits per heavy atom. The molecule has 0 aliphatic heterocycles. The van der Waals surface area contributed by atoms with Gasteiger partial charge in [-0.05, 0) is 12.5 Å². The molecule has 0 heterocycles. The smallest absolute Gasteiger partial charge is 0.123 e. The first-order valence-corrected chi connectivity index (χ1v) is 4.50. The van der Waals surface area contributed by atoms with E-state index >= 15 is 0 Å². The first-order valence-electron chi connectivity index (χ1n) is 4.06. The van der Waals surface area contributed by atoms with Crippen LogP contribution in [0.1, 0.15) is 24.3 Å². The summed E-state index contributed by atoms with van der Waals surface area (Å²) in [5, 5.41) is 0.0566. The van der Waals surface area contributed by atoms with Crippen molar-refractivity contribution in [2.24, 2.45) is 0 Å². The van der Waals surface area contributed by atoms with Crippen LogP contribution in [0.3, 0.4) is 0 Å². The van der Waals surface area contributed by atoms with Crippen molar-refractivity contribution >= 4 is 11.6 Å². The number of methoxy groups -OCH3 is 1. The van der Waals surface area contributed by atoms with E-state index in [9.17, 15) is 0 Å². The second kappa shape index (κ2) is 4.36. The van der Waals surface area contributed by atoms with Crippen LogP contribution in [0.15, 0.2) is 24.3 Å². The maximum absolute atomic E-state index is 6.09. The standard InChI is InChI=1S/C10H13ClO/c1-3-9(11)8-6-4-5-7-10(8)12-2/h4-7,9H,3H2,1-2H3. The third-order valence-electron chi connectivity index (χ3n) is 1.83. The van der Waals surface area contributed by atoms with Gasteiger partial charge in [-0.25, -0.2) is 0 Å². The molecule has 1 rings (SSSR count). The minimum atomic E-state index is 0.0566. The van der Waals surface area contributed by atoms with Crippen molar-refractivity contribution in [3.05, 3.63) is 29.8 Å². The van der Waals surface area contributed by atoms with E-state index in [1.54, 1.807) is 7.11 Å². The Morgan fingerprint density at radius 3 is 2.67 bits per heavy atom. The highest BCUT2D eigenvalue weighted by molar-refractivity contribution is 6.21. The number of alkyl halides is 1. The molecule has 0 spiro atoms. The molecule has 0 fully saturated rings. The predicted molar refractivity (Wildman–Crippen MR) is 51.9 cm³/mol. The van der Waals surface area contributed by atoms with Crippen molar-refractivity contribution in [1.29, 1.82) is 0 Å². The number of halogens is 1. The molecule has 0 amide bonds. The summed E-state index contributed by atoms with van der Waals surface area (Å²) in [7, 11) is 1.66. The normalized spacial score (nSPS) is 12.6. The van der Waals surface area contributed by atoms with Crippen LogP contribution >= 0.6 is 11.6 Å². The Balaban J connectivity index is 2.96. The molecule has 1 aromatic carbocycles. The summed E-state index contributed by atoms with van der Waals surface area (Å²) in [5.74, 6) is 0.874. The summed E-state index contributed by atoms with van der Waals surface area (Å²) < 4.78 is 5.18. The van der Waals surface area contributed by atoms with Crippen molar-refractivity contribution in [2.75, 3.05) is 7.11 Å². The van der Waals surface area contributed by atoms with Crippen LogP contribution in [0.25, 0.3) is 0 Å².